The van der Waals surface area contributed by atoms with E-state index in [0.717, 1.165) is 45.5 Å². The highest BCUT2D eigenvalue weighted by Crippen LogP contribution is 2.54. The summed E-state index contributed by atoms with van der Waals surface area (Å²) in [6.45, 7) is 0. The van der Waals surface area contributed by atoms with Crippen molar-refractivity contribution in [2.75, 3.05) is 9.80 Å². The maximum atomic E-state index is 2.41. The van der Waals surface area contributed by atoms with Crippen molar-refractivity contribution in [3.63, 3.8) is 0 Å². The molecule has 7 aromatic carbocycles. The maximum absolute atomic E-state index is 2.41. The van der Waals surface area contributed by atoms with Gasteiger partial charge in [-0.05, 0) is 84.9 Å². The second-order valence-electron chi connectivity index (χ2n) is 12.3. The monoisotopic (exact) mass is 614 g/mol. The van der Waals surface area contributed by atoms with Crippen molar-refractivity contribution < 1.29 is 0 Å². The Morgan fingerprint density at radius 2 is 0.854 bits per heavy atom. The normalized spacial score (nSPS) is 12.5. The Morgan fingerprint density at radius 1 is 0.312 bits per heavy atom. The molecule has 9 aromatic rings. The number of fused-ring (bicyclic) bond motifs is 7. The molecule has 0 radical (unpaired) electrons. The van der Waals surface area contributed by atoms with Crippen LogP contribution in [0, 0.1) is 0 Å². The van der Waals surface area contributed by atoms with Crippen molar-refractivity contribution in [3.8, 4) is 11.4 Å². The van der Waals surface area contributed by atoms with Gasteiger partial charge in [-0.25, -0.2) is 0 Å². The molecule has 0 saturated heterocycles. The molecule has 1 aliphatic rings. The second kappa shape index (κ2) is 10.5. The van der Waals surface area contributed by atoms with Gasteiger partial charge in [0.15, 0.2) is 0 Å². The van der Waals surface area contributed by atoms with Gasteiger partial charge in [0, 0.05) is 45.1 Å². The summed E-state index contributed by atoms with van der Waals surface area (Å²) in [6.07, 6.45) is 2.21. The first-order valence-electron chi connectivity index (χ1n) is 16.4. The van der Waals surface area contributed by atoms with Gasteiger partial charge in [0.1, 0.15) is 0 Å². The number of aromatic nitrogens is 2. The van der Waals surface area contributed by atoms with Crippen molar-refractivity contribution in [2.45, 2.75) is 0 Å². The summed E-state index contributed by atoms with van der Waals surface area (Å²) in [6, 6.07) is 63.1. The summed E-state index contributed by atoms with van der Waals surface area (Å²) in [5, 5.41) is 3.75. The van der Waals surface area contributed by atoms with E-state index >= 15 is 0 Å². The van der Waals surface area contributed by atoms with Gasteiger partial charge in [-0.1, -0.05) is 91.0 Å². The summed E-state index contributed by atoms with van der Waals surface area (Å²) in [4.78, 5) is 4.76. The van der Waals surface area contributed by atoms with Crippen LogP contribution in [-0.4, -0.2) is 9.13 Å². The van der Waals surface area contributed by atoms with E-state index in [4.69, 9.17) is 0 Å². The lowest BCUT2D eigenvalue weighted by molar-refractivity contribution is 1.12. The van der Waals surface area contributed by atoms with Crippen LogP contribution in [0.2, 0.25) is 0 Å². The summed E-state index contributed by atoms with van der Waals surface area (Å²) < 4.78 is 4.73. The zero-order valence-electron chi connectivity index (χ0n) is 26.1. The van der Waals surface area contributed by atoms with E-state index in [0.29, 0.717) is 0 Å². The zero-order valence-corrected chi connectivity index (χ0v) is 26.1. The average molecular weight is 615 g/mol. The first kappa shape index (κ1) is 26.7. The summed E-state index contributed by atoms with van der Waals surface area (Å²) in [7, 11) is 0. The Hall–Kier alpha value is -6.52. The van der Waals surface area contributed by atoms with E-state index in [2.05, 4.69) is 201 Å². The van der Waals surface area contributed by atoms with Gasteiger partial charge in [0.2, 0.25) is 0 Å². The van der Waals surface area contributed by atoms with Gasteiger partial charge in [-0.2, -0.15) is 0 Å². The third-order valence-corrected chi connectivity index (χ3v) is 9.62. The van der Waals surface area contributed by atoms with Crippen LogP contribution in [0.1, 0.15) is 0 Å². The van der Waals surface area contributed by atoms with Crippen LogP contribution >= 0.6 is 0 Å². The fraction of sp³-hybridized carbons (Fsp3) is 0. The minimum absolute atomic E-state index is 1.11. The highest BCUT2D eigenvalue weighted by Gasteiger charge is 2.30. The maximum Gasteiger partial charge on any atom is 0.0703 e. The standard InChI is InChI=1S/C44H30N4/c1-3-14-31(15-4-1)46-40-22-9-11-24-42(40)47(43-25-12-10-23-41(43)46)34-19-13-18-33(30-34)45-29-28-37-38(45)27-26-36-35-20-7-8-21-39(35)48(44(36)37)32-16-5-2-6-17-32/h1-30H. The van der Waals surface area contributed by atoms with Crippen LogP contribution in [0.15, 0.2) is 182 Å². The van der Waals surface area contributed by atoms with Crippen LogP contribution < -0.4 is 9.80 Å². The van der Waals surface area contributed by atoms with Crippen molar-refractivity contribution >= 4 is 66.8 Å². The number of hydrogen-bond acceptors (Lipinski definition) is 2. The molecule has 4 nitrogen and oxygen atoms in total. The van der Waals surface area contributed by atoms with Crippen molar-refractivity contribution in [2.24, 2.45) is 0 Å². The van der Waals surface area contributed by atoms with Crippen molar-refractivity contribution in [1.29, 1.82) is 0 Å². The number of benzene rings is 7. The first-order valence-corrected chi connectivity index (χ1v) is 16.4. The molecule has 1 aliphatic heterocycles. The third kappa shape index (κ3) is 3.90. The number of para-hydroxylation sites is 7. The average Bonchev–Trinajstić information content (AvgIpc) is 3.74. The predicted octanol–water partition coefficient (Wildman–Crippen LogP) is 12.0. The Kier molecular flexibility index (Phi) is 5.84. The van der Waals surface area contributed by atoms with Crippen LogP contribution in [0.5, 0.6) is 0 Å². The molecule has 0 bridgehead atoms. The molecule has 0 atom stereocenters. The highest BCUT2D eigenvalue weighted by atomic mass is 15.3. The molecule has 226 valence electrons. The van der Waals surface area contributed by atoms with Crippen LogP contribution in [-0.2, 0) is 0 Å². The van der Waals surface area contributed by atoms with Crippen LogP contribution in [0.4, 0.5) is 34.1 Å². The minimum atomic E-state index is 1.11. The fourth-order valence-electron chi connectivity index (χ4n) is 7.61. The fourth-order valence-corrected chi connectivity index (χ4v) is 7.61. The molecule has 0 N–H and O–H groups in total. The van der Waals surface area contributed by atoms with Gasteiger partial charge in [0.05, 0.1) is 39.3 Å². The van der Waals surface area contributed by atoms with Gasteiger partial charge in [0.25, 0.3) is 0 Å². The first-order chi connectivity index (χ1) is 23.8. The van der Waals surface area contributed by atoms with Crippen molar-refractivity contribution in [1.82, 2.24) is 9.13 Å². The number of nitrogens with zero attached hydrogens (tertiary/aromatic N) is 4. The molecule has 48 heavy (non-hydrogen) atoms. The highest BCUT2D eigenvalue weighted by molar-refractivity contribution is 6.18. The Morgan fingerprint density at radius 3 is 1.54 bits per heavy atom. The van der Waals surface area contributed by atoms with E-state index in [-0.39, 0.29) is 0 Å². The Labute approximate surface area is 278 Å². The number of hydrogen-bond donors (Lipinski definition) is 0. The molecule has 10 rings (SSSR count). The molecule has 4 heteroatoms. The number of rotatable bonds is 4. The lowest BCUT2D eigenvalue weighted by Gasteiger charge is -2.40. The zero-order chi connectivity index (χ0) is 31.6. The SMILES string of the molecule is c1ccc(N2c3ccccc3N(c3cccc(-n4ccc5c4ccc4c6ccccc6n(-c6ccccc6)c45)c3)c3ccccc32)cc1. The van der Waals surface area contributed by atoms with E-state index < -0.39 is 0 Å². The third-order valence-electron chi connectivity index (χ3n) is 9.62. The molecule has 0 aliphatic carbocycles. The largest absolute Gasteiger partial charge is 0.316 e. The van der Waals surface area contributed by atoms with Crippen LogP contribution in [0.25, 0.3) is 44.1 Å². The van der Waals surface area contributed by atoms with Crippen molar-refractivity contribution in [3.05, 3.63) is 182 Å². The summed E-state index contributed by atoms with van der Waals surface area (Å²) in [5.74, 6) is 0. The summed E-state index contributed by atoms with van der Waals surface area (Å²) >= 11 is 0. The molecule has 3 heterocycles. The lowest BCUT2D eigenvalue weighted by atomic mass is 10.0. The molecular formula is C44H30N4. The predicted molar refractivity (Wildman–Crippen MR) is 201 cm³/mol. The van der Waals surface area contributed by atoms with Gasteiger partial charge in [-0.15, -0.1) is 0 Å². The molecule has 0 fully saturated rings. The summed E-state index contributed by atoms with van der Waals surface area (Å²) in [5.41, 5.74) is 12.7. The lowest BCUT2D eigenvalue weighted by Crippen LogP contribution is -2.23. The molecule has 0 saturated carbocycles. The quantitative estimate of drug-likeness (QED) is 0.196. The molecule has 0 unspecified atom stereocenters. The Balaban J connectivity index is 1.16. The van der Waals surface area contributed by atoms with E-state index in [1.54, 1.807) is 0 Å². The molecule has 0 spiro atoms. The Bertz CT molecular complexity index is 2580. The molecule has 0 amide bonds. The number of anilines is 6. The van der Waals surface area contributed by atoms with Gasteiger partial charge in [-0.3, -0.25) is 0 Å². The topological polar surface area (TPSA) is 16.3 Å². The smallest absolute Gasteiger partial charge is 0.0703 e. The second-order valence-corrected chi connectivity index (χ2v) is 12.3. The molecular weight excluding hydrogens is 585 g/mol. The van der Waals surface area contributed by atoms with Gasteiger partial charge >= 0.3 is 0 Å². The van der Waals surface area contributed by atoms with E-state index in [1.165, 1.54) is 32.7 Å². The molecule has 2 aromatic heterocycles. The van der Waals surface area contributed by atoms with E-state index in [1.807, 2.05) is 0 Å². The minimum Gasteiger partial charge on any atom is -0.316 e. The van der Waals surface area contributed by atoms with Crippen LogP contribution in [0.3, 0.4) is 0 Å². The van der Waals surface area contributed by atoms with E-state index in [9.17, 15) is 0 Å². The van der Waals surface area contributed by atoms with Gasteiger partial charge < -0.3 is 18.9 Å².